The number of carbonyl (C=O) groups is 2. The number of benzene rings is 1. The zero-order valence-electron chi connectivity index (χ0n) is 16.1. The Balaban J connectivity index is 1.70. The molecule has 1 aromatic carbocycles. The van der Waals surface area contributed by atoms with Gasteiger partial charge in [-0.25, -0.2) is 4.79 Å². The Hall–Kier alpha value is -3.55. The second-order valence-electron chi connectivity index (χ2n) is 6.25. The molecule has 0 aliphatic rings. The minimum atomic E-state index is -0.634. The monoisotopic (exact) mass is 383 g/mol. The van der Waals surface area contributed by atoms with Gasteiger partial charge in [-0.3, -0.25) is 9.48 Å². The molecule has 2 aromatic heterocycles. The van der Waals surface area contributed by atoms with Crippen molar-refractivity contribution in [2.24, 2.45) is 7.05 Å². The van der Waals surface area contributed by atoms with E-state index in [1.54, 1.807) is 26.1 Å². The minimum absolute atomic E-state index is 0.0328. The third kappa shape index (κ3) is 4.06. The summed E-state index contributed by atoms with van der Waals surface area (Å²) in [5, 5.41) is 6.75. The van der Waals surface area contributed by atoms with E-state index in [2.05, 4.69) is 10.4 Å². The topological polar surface area (TPSA) is 95.6 Å². The molecule has 2 heterocycles. The maximum atomic E-state index is 12.5. The van der Waals surface area contributed by atoms with Gasteiger partial charge in [0.05, 0.1) is 18.5 Å². The SMILES string of the molecule is COC(=O)c1nn(C)c(C)c1NC(=O)c1ccc(COc2cccc(C)c2)o1. The van der Waals surface area contributed by atoms with Gasteiger partial charge in [-0.2, -0.15) is 5.10 Å². The quantitative estimate of drug-likeness (QED) is 0.657. The third-order valence-corrected chi connectivity index (χ3v) is 4.21. The molecule has 0 aliphatic heterocycles. The standard InChI is InChI=1S/C20H21N3O5/c1-12-6-5-7-14(10-12)27-11-15-8-9-16(28-15)19(24)21-17-13(2)23(3)22-18(17)20(25)26-4/h5-10H,11H2,1-4H3,(H,21,24). The van der Waals surface area contributed by atoms with Gasteiger partial charge in [-0.15, -0.1) is 0 Å². The van der Waals surface area contributed by atoms with Crippen molar-refractivity contribution in [2.75, 3.05) is 12.4 Å². The lowest BCUT2D eigenvalue weighted by Gasteiger charge is -2.06. The summed E-state index contributed by atoms with van der Waals surface area (Å²) in [6.45, 7) is 3.90. The number of ether oxygens (including phenoxy) is 2. The molecule has 3 rings (SSSR count). The Morgan fingerprint density at radius 3 is 2.71 bits per heavy atom. The predicted molar refractivity (Wildman–Crippen MR) is 101 cm³/mol. The van der Waals surface area contributed by atoms with Crippen molar-refractivity contribution in [2.45, 2.75) is 20.5 Å². The number of aromatic nitrogens is 2. The third-order valence-electron chi connectivity index (χ3n) is 4.21. The second-order valence-corrected chi connectivity index (χ2v) is 6.25. The Bertz CT molecular complexity index is 1020. The van der Waals surface area contributed by atoms with E-state index in [0.29, 0.717) is 11.5 Å². The Kier molecular flexibility index (Phi) is 5.49. The van der Waals surface area contributed by atoms with Crippen LogP contribution in [0.2, 0.25) is 0 Å². The van der Waals surface area contributed by atoms with Crippen LogP contribution in [0.1, 0.15) is 38.1 Å². The highest BCUT2D eigenvalue weighted by Crippen LogP contribution is 2.22. The van der Waals surface area contributed by atoms with E-state index >= 15 is 0 Å². The summed E-state index contributed by atoms with van der Waals surface area (Å²) in [4.78, 5) is 24.4. The number of rotatable bonds is 6. The largest absolute Gasteiger partial charge is 0.486 e. The van der Waals surface area contributed by atoms with Crippen LogP contribution in [0.5, 0.6) is 5.75 Å². The number of esters is 1. The lowest BCUT2D eigenvalue weighted by Crippen LogP contribution is -2.14. The van der Waals surface area contributed by atoms with Crippen molar-refractivity contribution in [3.8, 4) is 5.75 Å². The van der Waals surface area contributed by atoms with Gasteiger partial charge in [-0.1, -0.05) is 12.1 Å². The van der Waals surface area contributed by atoms with Gasteiger partial charge in [0.15, 0.2) is 11.5 Å². The highest BCUT2D eigenvalue weighted by molar-refractivity contribution is 6.06. The number of methoxy groups -OCH3 is 1. The maximum absolute atomic E-state index is 12.5. The van der Waals surface area contributed by atoms with Crippen molar-refractivity contribution < 1.29 is 23.5 Å². The van der Waals surface area contributed by atoms with Gasteiger partial charge >= 0.3 is 5.97 Å². The van der Waals surface area contributed by atoms with Crippen LogP contribution in [0, 0.1) is 13.8 Å². The summed E-state index contributed by atoms with van der Waals surface area (Å²) < 4.78 is 17.4. The van der Waals surface area contributed by atoms with Gasteiger partial charge in [0, 0.05) is 7.05 Å². The maximum Gasteiger partial charge on any atom is 0.360 e. The van der Waals surface area contributed by atoms with E-state index in [-0.39, 0.29) is 23.7 Å². The van der Waals surface area contributed by atoms with Crippen molar-refractivity contribution in [1.29, 1.82) is 0 Å². The van der Waals surface area contributed by atoms with Crippen LogP contribution in [0.15, 0.2) is 40.8 Å². The molecule has 8 heteroatoms. The number of nitrogens with one attached hydrogen (secondary N) is 1. The van der Waals surface area contributed by atoms with Crippen LogP contribution in [-0.4, -0.2) is 28.8 Å². The smallest absolute Gasteiger partial charge is 0.360 e. The summed E-state index contributed by atoms with van der Waals surface area (Å²) >= 11 is 0. The van der Waals surface area contributed by atoms with Crippen molar-refractivity contribution in [1.82, 2.24) is 9.78 Å². The summed E-state index contributed by atoms with van der Waals surface area (Å²) in [7, 11) is 2.93. The molecule has 1 amide bonds. The molecule has 0 bridgehead atoms. The van der Waals surface area contributed by atoms with Gasteiger partial charge in [0.25, 0.3) is 5.91 Å². The van der Waals surface area contributed by atoms with Crippen LogP contribution >= 0.6 is 0 Å². The van der Waals surface area contributed by atoms with Crippen molar-refractivity contribution in [3.05, 3.63) is 64.9 Å². The molecule has 0 saturated heterocycles. The molecule has 1 N–H and O–H groups in total. The molecule has 0 spiro atoms. The van der Waals surface area contributed by atoms with E-state index in [0.717, 1.165) is 11.3 Å². The highest BCUT2D eigenvalue weighted by Gasteiger charge is 2.23. The zero-order valence-corrected chi connectivity index (χ0v) is 16.1. The Morgan fingerprint density at radius 1 is 1.21 bits per heavy atom. The van der Waals surface area contributed by atoms with E-state index in [1.165, 1.54) is 11.8 Å². The van der Waals surface area contributed by atoms with E-state index in [1.807, 2.05) is 31.2 Å². The minimum Gasteiger partial charge on any atom is -0.486 e. The zero-order chi connectivity index (χ0) is 20.3. The molecule has 3 aromatic rings. The Labute approximate surface area is 162 Å². The second kappa shape index (κ2) is 7.99. The number of carbonyl (C=O) groups excluding carboxylic acids is 2. The first-order valence-corrected chi connectivity index (χ1v) is 8.60. The van der Waals surface area contributed by atoms with Gasteiger partial charge in [0.1, 0.15) is 18.1 Å². The first kappa shape index (κ1) is 19.2. The molecule has 0 fully saturated rings. The molecule has 0 radical (unpaired) electrons. The average Bonchev–Trinajstić information content (AvgIpc) is 3.26. The highest BCUT2D eigenvalue weighted by atomic mass is 16.5. The molecule has 146 valence electrons. The molecule has 0 saturated carbocycles. The van der Waals surface area contributed by atoms with Crippen LogP contribution in [0.3, 0.4) is 0 Å². The molecule has 8 nitrogen and oxygen atoms in total. The molecular formula is C20H21N3O5. The summed E-state index contributed by atoms with van der Waals surface area (Å²) in [6, 6.07) is 10.9. The van der Waals surface area contributed by atoms with Gasteiger partial charge in [-0.05, 0) is 43.7 Å². The van der Waals surface area contributed by atoms with Crippen LogP contribution in [0.4, 0.5) is 5.69 Å². The fourth-order valence-corrected chi connectivity index (χ4v) is 2.61. The first-order chi connectivity index (χ1) is 13.4. The number of anilines is 1. The fourth-order valence-electron chi connectivity index (χ4n) is 2.61. The number of hydrogen-bond donors (Lipinski definition) is 1. The summed E-state index contributed by atoms with van der Waals surface area (Å²) in [5.41, 5.74) is 2.02. The molecule has 0 unspecified atom stereocenters. The van der Waals surface area contributed by atoms with Crippen LogP contribution in [-0.2, 0) is 18.4 Å². The van der Waals surface area contributed by atoms with Crippen LogP contribution < -0.4 is 10.1 Å². The van der Waals surface area contributed by atoms with E-state index in [4.69, 9.17) is 13.9 Å². The average molecular weight is 383 g/mol. The summed E-state index contributed by atoms with van der Waals surface area (Å²) in [5.74, 6) is 0.189. The van der Waals surface area contributed by atoms with Crippen molar-refractivity contribution in [3.63, 3.8) is 0 Å². The lowest BCUT2D eigenvalue weighted by molar-refractivity contribution is 0.0594. The number of aryl methyl sites for hydroxylation is 2. The van der Waals surface area contributed by atoms with E-state index in [9.17, 15) is 9.59 Å². The Morgan fingerprint density at radius 2 is 2.00 bits per heavy atom. The normalized spacial score (nSPS) is 10.6. The fraction of sp³-hybridized carbons (Fsp3) is 0.250. The predicted octanol–water partition coefficient (Wildman–Crippen LogP) is 3.25. The number of nitrogens with zero attached hydrogens (tertiary/aromatic N) is 2. The summed E-state index contributed by atoms with van der Waals surface area (Å²) in [6.07, 6.45) is 0. The molecule has 0 aliphatic carbocycles. The lowest BCUT2D eigenvalue weighted by atomic mass is 10.2. The van der Waals surface area contributed by atoms with Gasteiger partial charge < -0.3 is 19.2 Å². The number of amides is 1. The molecule has 28 heavy (non-hydrogen) atoms. The molecule has 0 atom stereocenters. The number of furan rings is 1. The van der Waals surface area contributed by atoms with Crippen molar-refractivity contribution >= 4 is 17.6 Å². The van der Waals surface area contributed by atoms with Gasteiger partial charge in [0.2, 0.25) is 0 Å². The van der Waals surface area contributed by atoms with E-state index < -0.39 is 11.9 Å². The first-order valence-electron chi connectivity index (χ1n) is 8.60. The molecular weight excluding hydrogens is 362 g/mol. The van der Waals surface area contributed by atoms with Crippen LogP contribution in [0.25, 0.3) is 0 Å². The number of hydrogen-bond acceptors (Lipinski definition) is 6.